The van der Waals surface area contributed by atoms with E-state index in [0.29, 0.717) is 32.6 Å². The molecule has 10 nitrogen and oxygen atoms in total. The Morgan fingerprint density at radius 2 is 1.79 bits per heavy atom. The number of β-amino-alcohol motifs (C(OH)–C–C–N with tert-alkyl or cyclic N) is 1. The van der Waals surface area contributed by atoms with Gasteiger partial charge in [0, 0.05) is 56.0 Å². The topological polar surface area (TPSA) is 143 Å². The van der Waals surface area contributed by atoms with Crippen molar-refractivity contribution in [1.29, 1.82) is 0 Å². The highest BCUT2D eigenvalue weighted by atomic mass is 32.2. The molecule has 4 amide bonds. The summed E-state index contributed by atoms with van der Waals surface area (Å²) in [5, 5.41) is 30.6. The summed E-state index contributed by atoms with van der Waals surface area (Å²) in [6, 6.07) is 21.3. The largest absolute Gasteiger partial charge is 0.394 e. The van der Waals surface area contributed by atoms with Crippen molar-refractivity contribution in [3.05, 3.63) is 89.0 Å². The number of urea groups is 1. The summed E-state index contributed by atoms with van der Waals surface area (Å²) < 4.78 is 0. The van der Waals surface area contributed by atoms with Crippen LogP contribution < -0.4 is 21.3 Å². The third kappa shape index (κ3) is 10.3. The summed E-state index contributed by atoms with van der Waals surface area (Å²) in [5.41, 5.74) is 5.42. The van der Waals surface area contributed by atoms with Crippen molar-refractivity contribution in [2.45, 2.75) is 75.8 Å². The number of fused-ring (bicyclic) bond motifs is 1. The van der Waals surface area contributed by atoms with E-state index in [0.717, 1.165) is 38.3 Å². The van der Waals surface area contributed by atoms with Crippen LogP contribution in [-0.2, 0) is 35.6 Å². The molecule has 0 fully saturated rings. The van der Waals surface area contributed by atoms with E-state index in [2.05, 4.69) is 39.5 Å². The summed E-state index contributed by atoms with van der Waals surface area (Å²) in [7, 11) is 0. The highest BCUT2D eigenvalue weighted by molar-refractivity contribution is 7.98. The quantitative estimate of drug-likeness (QED) is 0.145. The van der Waals surface area contributed by atoms with E-state index < -0.39 is 17.7 Å². The van der Waals surface area contributed by atoms with Crippen LogP contribution in [0.25, 0.3) is 11.1 Å². The molecule has 0 spiro atoms. The zero-order valence-electron chi connectivity index (χ0n) is 27.6. The van der Waals surface area contributed by atoms with Crippen LogP contribution in [0, 0.1) is 0 Å². The van der Waals surface area contributed by atoms with Crippen molar-refractivity contribution in [3.8, 4) is 11.1 Å². The minimum absolute atomic E-state index is 0.0916. The van der Waals surface area contributed by atoms with E-state index in [4.69, 9.17) is 5.11 Å². The molecule has 1 heterocycles. The molecule has 3 aromatic rings. The second-order valence-electron chi connectivity index (χ2n) is 12.5. The average molecular weight is 662 g/mol. The lowest BCUT2D eigenvalue weighted by molar-refractivity contribution is -0.137. The third-order valence-electron chi connectivity index (χ3n) is 8.21. The van der Waals surface area contributed by atoms with E-state index >= 15 is 0 Å². The van der Waals surface area contributed by atoms with E-state index in [1.807, 2.05) is 75.6 Å². The number of rotatable bonds is 14. The molecule has 1 aliphatic rings. The Balaban J connectivity index is 1.51. The fourth-order valence-corrected chi connectivity index (χ4v) is 6.13. The van der Waals surface area contributed by atoms with Crippen LogP contribution in [0.1, 0.15) is 49.4 Å². The number of nitrogens with one attached hydrogen (secondary N) is 4. The van der Waals surface area contributed by atoms with Crippen LogP contribution in [0.2, 0.25) is 0 Å². The van der Waals surface area contributed by atoms with Gasteiger partial charge in [0.15, 0.2) is 0 Å². The molecular formula is C36H47N5O5S. The molecule has 4 rings (SSSR count). The Hall–Kier alpha value is -3.90. The average Bonchev–Trinajstić information content (AvgIpc) is 3.18. The molecule has 3 aromatic carbocycles. The van der Waals surface area contributed by atoms with Crippen molar-refractivity contribution in [2.75, 3.05) is 26.0 Å². The molecule has 252 valence electrons. The van der Waals surface area contributed by atoms with Gasteiger partial charge in [-0.3, -0.25) is 9.59 Å². The zero-order chi connectivity index (χ0) is 34.0. The molecule has 0 aliphatic carbocycles. The summed E-state index contributed by atoms with van der Waals surface area (Å²) >= 11 is 1.64. The van der Waals surface area contributed by atoms with Gasteiger partial charge in [-0.2, -0.15) is 0 Å². The molecule has 2 atom stereocenters. The molecule has 0 bridgehead atoms. The first kappa shape index (κ1) is 35.9. The SMILES string of the molecule is CCNC(=O)NCc1ccccc1-c1ccc(CN2Cc3ccc(SC)cc3C[C@@H](NC(=O)CC(C)(C)NC[C@H](O)CO)C2=O)cc1. The maximum absolute atomic E-state index is 14.0. The molecule has 6 N–H and O–H groups in total. The Kier molecular flexibility index (Phi) is 12.8. The van der Waals surface area contributed by atoms with E-state index in [1.165, 1.54) is 0 Å². The van der Waals surface area contributed by atoms with Gasteiger partial charge in [0.25, 0.3) is 0 Å². The Labute approximate surface area is 281 Å². The minimum atomic E-state index is -0.920. The van der Waals surface area contributed by atoms with Crippen LogP contribution in [0.3, 0.4) is 0 Å². The second kappa shape index (κ2) is 16.8. The summed E-state index contributed by atoms with van der Waals surface area (Å²) in [6.07, 6.45) is 1.58. The molecule has 1 aliphatic heterocycles. The van der Waals surface area contributed by atoms with Gasteiger partial charge >= 0.3 is 6.03 Å². The molecule has 47 heavy (non-hydrogen) atoms. The number of nitrogens with zero attached hydrogens (tertiary/aromatic N) is 1. The minimum Gasteiger partial charge on any atom is -0.394 e. The molecule has 0 aromatic heterocycles. The lowest BCUT2D eigenvalue weighted by atomic mass is 9.98. The number of aliphatic hydroxyl groups is 2. The van der Waals surface area contributed by atoms with Crippen LogP contribution in [0.4, 0.5) is 4.79 Å². The monoisotopic (exact) mass is 661 g/mol. The standard InChI is InChI=1S/C36H47N5O5S/c1-5-37-35(46)38-19-26-8-6-7-9-31(26)25-12-10-24(11-13-25)21-41-22-27-14-15-30(47-4)16-28(27)17-32(34(41)45)40-33(44)18-36(2,3)39-20-29(43)23-42/h6-16,29,32,39,42-43H,5,17-23H2,1-4H3,(H,40,44)(H2,37,38,46)/t29-,32+/m0/s1. The molecule has 0 radical (unpaired) electrons. The normalized spacial score (nSPS) is 15.4. The first-order valence-electron chi connectivity index (χ1n) is 16.0. The van der Waals surface area contributed by atoms with Crippen LogP contribution in [0.15, 0.2) is 71.6 Å². The zero-order valence-corrected chi connectivity index (χ0v) is 28.5. The predicted molar refractivity (Wildman–Crippen MR) is 186 cm³/mol. The molecular weight excluding hydrogens is 614 g/mol. The van der Waals surface area contributed by atoms with Crippen molar-refractivity contribution in [3.63, 3.8) is 0 Å². The summed E-state index contributed by atoms with van der Waals surface area (Å²) in [4.78, 5) is 42.1. The first-order valence-corrected chi connectivity index (χ1v) is 17.2. The number of benzene rings is 3. The Bertz CT molecular complexity index is 1530. The van der Waals surface area contributed by atoms with E-state index in [9.17, 15) is 19.5 Å². The maximum Gasteiger partial charge on any atom is 0.315 e. The van der Waals surface area contributed by atoms with Crippen molar-refractivity contribution < 1.29 is 24.6 Å². The smallest absolute Gasteiger partial charge is 0.315 e. The number of thioether (sulfide) groups is 1. The second-order valence-corrected chi connectivity index (χ2v) is 13.4. The Morgan fingerprint density at radius 3 is 2.49 bits per heavy atom. The van der Waals surface area contributed by atoms with Gasteiger partial charge in [-0.1, -0.05) is 54.6 Å². The van der Waals surface area contributed by atoms with E-state index in [-0.39, 0.29) is 37.4 Å². The van der Waals surface area contributed by atoms with Gasteiger partial charge in [0.2, 0.25) is 11.8 Å². The molecule has 11 heteroatoms. The third-order valence-corrected chi connectivity index (χ3v) is 8.93. The van der Waals surface area contributed by atoms with Gasteiger partial charge in [0.05, 0.1) is 12.7 Å². The lowest BCUT2D eigenvalue weighted by Gasteiger charge is -2.29. The van der Waals surface area contributed by atoms with Gasteiger partial charge in [-0.05, 0) is 72.5 Å². The highest BCUT2D eigenvalue weighted by Crippen LogP contribution is 2.28. The van der Waals surface area contributed by atoms with Crippen molar-refractivity contribution >= 4 is 29.6 Å². The summed E-state index contributed by atoms with van der Waals surface area (Å²) in [6.45, 7) is 7.11. The fraction of sp³-hybridized carbons (Fsp3) is 0.417. The van der Waals surface area contributed by atoms with Gasteiger partial charge in [-0.15, -0.1) is 11.8 Å². The van der Waals surface area contributed by atoms with Crippen LogP contribution >= 0.6 is 11.8 Å². The summed E-state index contributed by atoms with van der Waals surface area (Å²) in [5.74, 6) is -0.416. The first-order chi connectivity index (χ1) is 22.5. The number of amides is 4. The van der Waals surface area contributed by atoms with Crippen molar-refractivity contribution in [1.82, 2.24) is 26.2 Å². The number of hydrogen-bond acceptors (Lipinski definition) is 7. The predicted octanol–water partition coefficient (Wildman–Crippen LogP) is 3.58. The molecule has 0 unspecified atom stereocenters. The van der Waals surface area contributed by atoms with Crippen LogP contribution in [-0.4, -0.2) is 76.6 Å². The van der Waals surface area contributed by atoms with Gasteiger partial charge in [-0.25, -0.2) is 4.79 Å². The molecule has 0 saturated carbocycles. The maximum atomic E-state index is 14.0. The van der Waals surface area contributed by atoms with E-state index in [1.54, 1.807) is 16.7 Å². The number of hydrogen-bond donors (Lipinski definition) is 6. The molecule has 0 saturated heterocycles. The van der Waals surface area contributed by atoms with Crippen molar-refractivity contribution in [2.24, 2.45) is 0 Å². The highest BCUT2D eigenvalue weighted by Gasteiger charge is 2.32. The van der Waals surface area contributed by atoms with Gasteiger partial charge < -0.3 is 36.4 Å². The fourth-order valence-electron chi connectivity index (χ4n) is 5.66. The van der Waals surface area contributed by atoms with Crippen LogP contribution in [0.5, 0.6) is 0 Å². The number of carbonyl (C=O) groups is 3. The van der Waals surface area contributed by atoms with Gasteiger partial charge in [0.1, 0.15) is 6.04 Å². The lowest BCUT2D eigenvalue weighted by Crippen LogP contribution is -2.51. The Morgan fingerprint density at radius 1 is 1.04 bits per heavy atom. The number of carbonyl (C=O) groups excluding carboxylic acids is 3. The number of aliphatic hydroxyl groups excluding tert-OH is 2.